The molecule has 2 aromatic rings. The monoisotopic (exact) mass is 351 g/mol. The van der Waals surface area contributed by atoms with E-state index in [1.54, 1.807) is 4.90 Å². The van der Waals surface area contributed by atoms with Gasteiger partial charge in [0.1, 0.15) is 0 Å². The first-order valence-electron chi connectivity index (χ1n) is 9.47. The van der Waals surface area contributed by atoms with E-state index in [-0.39, 0.29) is 12.1 Å². The van der Waals surface area contributed by atoms with Crippen LogP contribution in [-0.4, -0.2) is 55.6 Å². The largest absolute Gasteiger partial charge is 0.330 e. The Bertz CT molecular complexity index is 679. The fraction of sp³-hybridized carbons (Fsp3) is 0.409. The van der Waals surface area contributed by atoms with Crippen LogP contribution in [0.25, 0.3) is 0 Å². The highest BCUT2D eigenvalue weighted by Crippen LogP contribution is 2.25. The van der Waals surface area contributed by atoms with E-state index in [0.29, 0.717) is 0 Å². The maximum absolute atomic E-state index is 12.8. The van der Waals surface area contributed by atoms with Crippen LogP contribution in [0.1, 0.15) is 18.4 Å². The standard InChI is InChI=1S/C22H29N3O/c1-23(2)22(26)25(20-11-7-4-8-12-20)21-14-17-24(18-15-21)16-13-19-9-5-3-6-10-19/h3-12,21H,13-18H2,1-2H3. The zero-order valence-electron chi connectivity index (χ0n) is 15.8. The Balaban J connectivity index is 1.60. The van der Waals surface area contributed by atoms with Crippen LogP contribution in [-0.2, 0) is 6.42 Å². The van der Waals surface area contributed by atoms with Crippen molar-refractivity contribution in [1.29, 1.82) is 0 Å². The van der Waals surface area contributed by atoms with Gasteiger partial charge in [-0.15, -0.1) is 0 Å². The molecule has 3 rings (SSSR count). The second-order valence-corrected chi connectivity index (χ2v) is 7.19. The molecule has 2 amide bonds. The first kappa shape index (κ1) is 18.5. The van der Waals surface area contributed by atoms with Gasteiger partial charge >= 0.3 is 6.03 Å². The first-order valence-corrected chi connectivity index (χ1v) is 9.47. The third-order valence-electron chi connectivity index (χ3n) is 5.10. The van der Waals surface area contributed by atoms with Crippen molar-refractivity contribution >= 4 is 11.7 Å². The van der Waals surface area contributed by atoms with Crippen molar-refractivity contribution in [2.24, 2.45) is 0 Å². The van der Waals surface area contributed by atoms with Crippen molar-refractivity contribution in [1.82, 2.24) is 9.80 Å². The molecule has 138 valence electrons. The first-order chi connectivity index (χ1) is 12.6. The molecule has 0 aliphatic carbocycles. The zero-order valence-corrected chi connectivity index (χ0v) is 15.8. The van der Waals surface area contributed by atoms with Gasteiger partial charge in [0.05, 0.1) is 0 Å². The van der Waals surface area contributed by atoms with Crippen LogP contribution in [0.15, 0.2) is 60.7 Å². The van der Waals surface area contributed by atoms with Gasteiger partial charge in [0, 0.05) is 45.5 Å². The van der Waals surface area contributed by atoms with E-state index in [9.17, 15) is 4.79 Å². The smallest absolute Gasteiger partial charge is 0.324 e. The lowest BCUT2D eigenvalue weighted by atomic mass is 10.0. The molecule has 1 aliphatic rings. The number of piperidine rings is 1. The molecule has 0 bridgehead atoms. The van der Waals surface area contributed by atoms with Crippen LogP contribution in [0.4, 0.5) is 10.5 Å². The molecule has 1 fully saturated rings. The average Bonchev–Trinajstić information content (AvgIpc) is 2.69. The highest BCUT2D eigenvalue weighted by molar-refractivity contribution is 5.92. The molecule has 0 radical (unpaired) electrons. The summed E-state index contributed by atoms with van der Waals surface area (Å²) in [5, 5.41) is 0. The van der Waals surface area contributed by atoms with Crippen LogP contribution in [0.3, 0.4) is 0 Å². The molecule has 0 unspecified atom stereocenters. The van der Waals surface area contributed by atoms with Crippen LogP contribution >= 0.6 is 0 Å². The molecule has 1 aliphatic heterocycles. The second-order valence-electron chi connectivity index (χ2n) is 7.19. The number of amides is 2. The van der Waals surface area contributed by atoms with Crippen LogP contribution in [0, 0.1) is 0 Å². The molecule has 1 saturated heterocycles. The summed E-state index contributed by atoms with van der Waals surface area (Å²) in [4.78, 5) is 18.9. The van der Waals surface area contributed by atoms with Crippen molar-refractivity contribution in [2.45, 2.75) is 25.3 Å². The summed E-state index contributed by atoms with van der Waals surface area (Å²) in [7, 11) is 3.65. The lowest BCUT2D eigenvalue weighted by molar-refractivity contribution is 0.196. The predicted octanol–water partition coefficient (Wildman–Crippen LogP) is 3.88. The Labute approximate surface area is 157 Å². The number of urea groups is 1. The maximum Gasteiger partial charge on any atom is 0.324 e. The summed E-state index contributed by atoms with van der Waals surface area (Å²) >= 11 is 0. The van der Waals surface area contributed by atoms with E-state index in [2.05, 4.69) is 35.2 Å². The summed E-state index contributed by atoms with van der Waals surface area (Å²) in [6.07, 6.45) is 3.12. The molecule has 4 nitrogen and oxygen atoms in total. The van der Waals surface area contributed by atoms with Crippen LogP contribution < -0.4 is 4.90 Å². The number of carbonyl (C=O) groups excluding carboxylic acids is 1. The van der Waals surface area contributed by atoms with Gasteiger partial charge in [-0.25, -0.2) is 4.79 Å². The van der Waals surface area contributed by atoms with Gasteiger partial charge in [-0.05, 0) is 37.0 Å². The van der Waals surface area contributed by atoms with Gasteiger partial charge in [-0.2, -0.15) is 0 Å². The molecule has 26 heavy (non-hydrogen) atoms. The van der Waals surface area contributed by atoms with Gasteiger partial charge in [0.2, 0.25) is 0 Å². The Kier molecular flexibility index (Phi) is 6.29. The Morgan fingerprint density at radius 2 is 1.54 bits per heavy atom. The summed E-state index contributed by atoms with van der Waals surface area (Å²) in [6.45, 7) is 3.17. The lowest BCUT2D eigenvalue weighted by Crippen LogP contribution is -2.51. The van der Waals surface area contributed by atoms with E-state index in [4.69, 9.17) is 0 Å². The van der Waals surface area contributed by atoms with E-state index >= 15 is 0 Å². The molecule has 1 heterocycles. The normalized spacial score (nSPS) is 15.6. The maximum atomic E-state index is 12.8. The summed E-state index contributed by atoms with van der Waals surface area (Å²) in [5.41, 5.74) is 2.39. The minimum atomic E-state index is 0.0685. The SMILES string of the molecule is CN(C)C(=O)N(c1ccccc1)C1CCN(CCc2ccccc2)CC1. The molecule has 2 aromatic carbocycles. The number of nitrogens with zero attached hydrogens (tertiary/aromatic N) is 3. The minimum absolute atomic E-state index is 0.0685. The van der Waals surface area contributed by atoms with Crippen molar-refractivity contribution in [3.05, 3.63) is 66.2 Å². The quantitative estimate of drug-likeness (QED) is 0.817. The summed E-state index contributed by atoms with van der Waals surface area (Å²) < 4.78 is 0. The van der Waals surface area contributed by atoms with Crippen molar-refractivity contribution in [3.8, 4) is 0 Å². The molecule has 0 saturated carbocycles. The molecule has 0 atom stereocenters. The molecular formula is C22H29N3O. The number of hydrogen-bond acceptors (Lipinski definition) is 2. The van der Waals surface area contributed by atoms with Crippen LogP contribution in [0.2, 0.25) is 0 Å². The second kappa shape index (κ2) is 8.86. The fourth-order valence-electron chi connectivity index (χ4n) is 3.61. The minimum Gasteiger partial charge on any atom is -0.330 e. The van der Waals surface area contributed by atoms with E-state index in [1.807, 2.05) is 49.3 Å². The number of likely N-dealkylation sites (tertiary alicyclic amines) is 1. The third kappa shape index (κ3) is 4.64. The molecule has 0 N–H and O–H groups in total. The van der Waals surface area contributed by atoms with E-state index in [1.165, 1.54) is 5.56 Å². The van der Waals surface area contributed by atoms with Crippen molar-refractivity contribution in [3.63, 3.8) is 0 Å². The summed E-state index contributed by atoms with van der Waals surface area (Å²) in [5.74, 6) is 0. The van der Waals surface area contributed by atoms with Crippen molar-refractivity contribution < 1.29 is 4.79 Å². The number of carbonyl (C=O) groups is 1. The molecule has 4 heteroatoms. The predicted molar refractivity (Wildman–Crippen MR) is 108 cm³/mol. The van der Waals surface area contributed by atoms with Gasteiger partial charge in [0.15, 0.2) is 0 Å². The van der Waals surface area contributed by atoms with Crippen molar-refractivity contribution in [2.75, 3.05) is 38.6 Å². The zero-order chi connectivity index (χ0) is 18.4. The van der Waals surface area contributed by atoms with Gasteiger partial charge in [-0.3, -0.25) is 4.90 Å². The number of rotatable bonds is 5. The Morgan fingerprint density at radius 1 is 0.962 bits per heavy atom. The number of anilines is 1. The molecule has 0 aromatic heterocycles. The van der Waals surface area contributed by atoms with Gasteiger partial charge in [-0.1, -0.05) is 48.5 Å². The number of benzene rings is 2. The highest BCUT2D eigenvalue weighted by Gasteiger charge is 2.29. The fourth-order valence-corrected chi connectivity index (χ4v) is 3.61. The Morgan fingerprint density at radius 3 is 2.12 bits per heavy atom. The van der Waals surface area contributed by atoms with E-state index in [0.717, 1.165) is 44.6 Å². The van der Waals surface area contributed by atoms with Gasteiger partial charge in [0.25, 0.3) is 0 Å². The lowest BCUT2D eigenvalue weighted by Gasteiger charge is -2.39. The molecular weight excluding hydrogens is 322 g/mol. The molecule has 0 spiro atoms. The number of para-hydroxylation sites is 1. The third-order valence-corrected chi connectivity index (χ3v) is 5.10. The topological polar surface area (TPSA) is 26.8 Å². The average molecular weight is 351 g/mol. The van der Waals surface area contributed by atoms with Crippen LogP contribution in [0.5, 0.6) is 0 Å². The summed E-state index contributed by atoms with van der Waals surface area (Å²) in [6, 6.07) is 21.0. The Hall–Kier alpha value is -2.33. The highest BCUT2D eigenvalue weighted by atomic mass is 16.2. The van der Waals surface area contributed by atoms with E-state index < -0.39 is 0 Å². The van der Waals surface area contributed by atoms with Gasteiger partial charge < -0.3 is 9.80 Å². The number of hydrogen-bond donors (Lipinski definition) is 0.